The van der Waals surface area contributed by atoms with Crippen molar-refractivity contribution in [3.8, 4) is 6.19 Å². The molecule has 0 aromatic carbocycles. The molecule has 1 rings (SSSR count). The van der Waals surface area contributed by atoms with Crippen LogP contribution >= 0.6 is 0 Å². The minimum absolute atomic E-state index is 0.207. The van der Waals surface area contributed by atoms with Gasteiger partial charge in [0.2, 0.25) is 5.91 Å². The van der Waals surface area contributed by atoms with Crippen molar-refractivity contribution in [1.82, 2.24) is 15.1 Å². The van der Waals surface area contributed by atoms with Crippen molar-refractivity contribution in [3.05, 3.63) is 17.0 Å². The molecule has 0 aliphatic rings. The summed E-state index contributed by atoms with van der Waals surface area (Å²) in [6.07, 6.45) is 1.81. The van der Waals surface area contributed by atoms with E-state index in [1.165, 1.54) is 0 Å². The number of aromatic nitrogens is 2. The van der Waals surface area contributed by atoms with Crippen molar-refractivity contribution in [2.24, 2.45) is 7.05 Å². The van der Waals surface area contributed by atoms with E-state index in [-0.39, 0.29) is 12.3 Å². The molecular formula is C9H12N4O. The zero-order valence-corrected chi connectivity index (χ0v) is 8.46. The van der Waals surface area contributed by atoms with E-state index in [2.05, 4.69) is 10.4 Å². The molecule has 5 heteroatoms. The van der Waals surface area contributed by atoms with Gasteiger partial charge in [-0.15, -0.1) is 0 Å². The van der Waals surface area contributed by atoms with Crippen molar-refractivity contribution >= 4 is 5.91 Å². The van der Waals surface area contributed by atoms with Crippen LogP contribution in [-0.4, -0.2) is 15.7 Å². The highest BCUT2D eigenvalue weighted by Gasteiger charge is 2.12. The van der Waals surface area contributed by atoms with Gasteiger partial charge in [0.1, 0.15) is 0 Å². The molecule has 0 saturated carbocycles. The number of carbonyl (C=O) groups is 1. The molecule has 1 N–H and O–H groups in total. The second-order valence-corrected chi connectivity index (χ2v) is 3.11. The van der Waals surface area contributed by atoms with Crippen LogP contribution in [0, 0.1) is 25.3 Å². The maximum atomic E-state index is 11.2. The third kappa shape index (κ3) is 1.91. The lowest BCUT2D eigenvalue weighted by molar-refractivity contribution is -0.119. The van der Waals surface area contributed by atoms with Crippen LogP contribution in [0.2, 0.25) is 0 Å². The van der Waals surface area contributed by atoms with Crippen molar-refractivity contribution in [3.63, 3.8) is 0 Å². The molecule has 0 spiro atoms. The lowest BCUT2D eigenvalue weighted by Crippen LogP contribution is -2.20. The molecule has 1 heterocycles. The molecule has 74 valence electrons. The Labute approximate surface area is 82.3 Å². The zero-order chi connectivity index (χ0) is 10.7. The highest BCUT2D eigenvalue weighted by molar-refractivity contribution is 5.80. The lowest BCUT2D eigenvalue weighted by Gasteiger charge is -1.99. The van der Waals surface area contributed by atoms with Crippen LogP contribution in [0.3, 0.4) is 0 Å². The van der Waals surface area contributed by atoms with E-state index in [4.69, 9.17) is 5.26 Å². The Hall–Kier alpha value is -1.83. The largest absolute Gasteiger partial charge is 0.274 e. The Kier molecular flexibility index (Phi) is 2.87. The molecule has 0 unspecified atom stereocenters. The van der Waals surface area contributed by atoms with Gasteiger partial charge in [-0.3, -0.25) is 14.8 Å². The fraction of sp³-hybridized carbons (Fsp3) is 0.444. The smallest absolute Gasteiger partial charge is 0.237 e. The van der Waals surface area contributed by atoms with Crippen LogP contribution in [0.1, 0.15) is 17.0 Å². The maximum Gasteiger partial charge on any atom is 0.237 e. The van der Waals surface area contributed by atoms with E-state index in [1.807, 2.05) is 20.9 Å². The summed E-state index contributed by atoms with van der Waals surface area (Å²) < 4.78 is 1.73. The average molecular weight is 192 g/mol. The first-order valence-corrected chi connectivity index (χ1v) is 4.23. The van der Waals surface area contributed by atoms with Crippen LogP contribution in [0.25, 0.3) is 0 Å². The summed E-state index contributed by atoms with van der Waals surface area (Å²) >= 11 is 0. The fourth-order valence-electron chi connectivity index (χ4n) is 1.34. The minimum atomic E-state index is -0.299. The molecule has 5 nitrogen and oxygen atoms in total. The quantitative estimate of drug-likeness (QED) is 0.536. The van der Waals surface area contributed by atoms with Gasteiger partial charge in [-0.05, 0) is 13.8 Å². The Balaban J connectivity index is 2.87. The predicted molar refractivity (Wildman–Crippen MR) is 50.1 cm³/mol. The molecule has 14 heavy (non-hydrogen) atoms. The summed E-state index contributed by atoms with van der Waals surface area (Å²) in [6.45, 7) is 3.75. The maximum absolute atomic E-state index is 11.2. The fourth-order valence-corrected chi connectivity index (χ4v) is 1.34. The van der Waals surface area contributed by atoms with Gasteiger partial charge in [-0.2, -0.15) is 10.4 Å². The molecule has 0 bridgehead atoms. The Morgan fingerprint density at radius 1 is 1.64 bits per heavy atom. The summed E-state index contributed by atoms with van der Waals surface area (Å²) in [7, 11) is 1.83. The lowest BCUT2D eigenvalue weighted by atomic mass is 10.1. The predicted octanol–water partition coefficient (Wildman–Crippen LogP) is 0.177. The third-order valence-electron chi connectivity index (χ3n) is 2.19. The number of carbonyl (C=O) groups excluding carboxylic acids is 1. The van der Waals surface area contributed by atoms with Gasteiger partial charge in [0.05, 0.1) is 12.1 Å². The van der Waals surface area contributed by atoms with E-state index in [9.17, 15) is 4.79 Å². The number of aryl methyl sites for hydroxylation is 2. The summed E-state index contributed by atoms with van der Waals surface area (Å²) in [4.78, 5) is 11.2. The van der Waals surface area contributed by atoms with E-state index >= 15 is 0 Å². The molecule has 0 fully saturated rings. The molecular weight excluding hydrogens is 180 g/mol. The summed E-state index contributed by atoms with van der Waals surface area (Å²) in [5.74, 6) is -0.299. The molecule has 0 atom stereocenters. The normalized spacial score (nSPS) is 9.57. The molecule has 1 amide bonds. The minimum Gasteiger partial charge on any atom is -0.274 e. The van der Waals surface area contributed by atoms with Crippen LogP contribution in [0.4, 0.5) is 0 Å². The number of rotatable bonds is 2. The van der Waals surface area contributed by atoms with Gasteiger partial charge in [0.25, 0.3) is 0 Å². The zero-order valence-electron chi connectivity index (χ0n) is 8.46. The SMILES string of the molecule is Cc1nn(C)c(C)c1CC(=O)NC#N. The first kappa shape index (κ1) is 10.3. The monoisotopic (exact) mass is 192 g/mol. The Bertz CT molecular complexity index is 400. The highest BCUT2D eigenvalue weighted by Crippen LogP contribution is 2.12. The first-order chi connectivity index (χ1) is 6.56. The molecule has 0 radical (unpaired) electrons. The van der Waals surface area contributed by atoms with E-state index in [0.717, 1.165) is 17.0 Å². The average Bonchev–Trinajstić information content (AvgIpc) is 2.33. The van der Waals surface area contributed by atoms with Gasteiger partial charge in [0, 0.05) is 18.3 Å². The van der Waals surface area contributed by atoms with Crippen LogP contribution < -0.4 is 5.32 Å². The van der Waals surface area contributed by atoms with Crippen LogP contribution in [0.5, 0.6) is 0 Å². The molecule has 1 aromatic heterocycles. The van der Waals surface area contributed by atoms with E-state index in [0.29, 0.717) is 0 Å². The second-order valence-electron chi connectivity index (χ2n) is 3.11. The number of nitriles is 1. The first-order valence-electron chi connectivity index (χ1n) is 4.23. The van der Waals surface area contributed by atoms with Crippen molar-refractivity contribution in [1.29, 1.82) is 5.26 Å². The van der Waals surface area contributed by atoms with Crippen LogP contribution in [0.15, 0.2) is 0 Å². The summed E-state index contributed by atoms with van der Waals surface area (Å²) in [6, 6.07) is 0. The van der Waals surface area contributed by atoms with Gasteiger partial charge in [-0.25, -0.2) is 0 Å². The van der Waals surface area contributed by atoms with Gasteiger partial charge in [0.15, 0.2) is 6.19 Å². The molecule has 0 aliphatic heterocycles. The van der Waals surface area contributed by atoms with Gasteiger partial charge in [-0.1, -0.05) is 0 Å². The molecule has 1 aromatic rings. The number of hydrogen-bond acceptors (Lipinski definition) is 3. The number of nitrogens with zero attached hydrogens (tertiary/aromatic N) is 3. The van der Waals surface area contributed by atoms with Crippen molar-refractivity contribution in [2.75, 3.05) is 0 Å². The van der Waals surface area contributed by atoms with Gasteiger partial charge < -0.3 is 0 Å². The third-order valence-corrected chi connectivity index (χ3v) is 2.19. The second kappa shape index (κ2) is 3.92. The number of hydrogen-bond donors (Lipinski definition) is 1. The Morgan fingerprint density at radius 3 is 2.71 bits per heavy atom. The van der Waals surface area contributed by atoms with E-state index in [1.54, 1.807) is 10.9 Å². The number of amides is 1. The standard InChI is InChI=1S/C9H12N4O/c1-6-8(4-9(14)11-5-10)7(2)13(3)12-6/h4H2,1-3H3,(H,11,14). The summed E-state index contributed by atoms with van der Waals surface area (Å²) in [5, 5.41) is 14.5. The topological polar surface area (TPSA) is 70.7 Å². The summed E-state index contributed by atoms with van der Waals surface area (Å²) in [5.41, 5.74) is 2.67. The van der Waals surface area contributed by atoms with Crippen molar-refractivity contribution < 1.29 is 4.79 Å². The Morgan fingerprint density at radius 2 is 2.29 bits per heavy atom. The van der Waals surface area contributed by atoms with E-state index < -0.39 is 0 Å². The van der Waals surface area contributed by atoms with Gasteiger partial charge >= 0.3 is 0 Å². The van der Waals surface area contributed by atoms with Crippen molar-refractivity contribution in [2.45, 2.75) is 20.3 Å². The van der Waals surface area contributed by atoms with Crippen LogP contribution in [-0.2, 0) is 18.3 Å². The molecule has 0 saturated heterocycles. The number of nitrogens with one attached hydrogen (secondary N) is 1. The highest BCUT2D eigenvalue weighted by atomic mass is 16.1. The molecule has 0 aliphatic carbocycles.